The van der Waals surface area contributed by atoms with Crippen LogP contribution in [0.15, 0.2) is 12.1 Å². The normalized spacial score (nSPS) is 15.4. The van der Waals surface area contributed by atoms with Gasteiger partial charge in [0.25, 0.3) is 0 Å². The van der Waals surface area contributed by atoms with Gasteiger partial charge in [-0.25, -0.2) is 4.98 Å². The van der Waals surface area contributed by atoms with Gasteiger partial charge in [0.2, 0.25) is 0 Å². The maximum Gasteiger partial charge on any atom is 0.129 e. The summed E-state index contributed by atoms with van der Waals surface area (Å²) in [5, 5.41) is 9.15. The molecule has 1 saturated carbocycles. The second kappa shape index (κ2) is 4.19. The third-order valence-corrected chi connectivity index (χ3v) is 2.80. The van der Waals surface area contributed by atoms with E-state index in [4.69, 9.17) is 5.11 Å². The zero-order valence-corrected chi connectivity index (χ0v) is 9.40. The van der Waals surface area contributed by atoms with Crippen LogP contribution in [0.4, 0.5) is 5.82 Å². The van der Waals surface area contributed by atoms with E-state index >= 15 is 0 Å². The summed E-state index contributed by atoms with van der Waals surface area (Å²) in [7, 11) is 0. The Labute approximate surface area is 90.8 Å². The van der Waals surface area contributed by atoms with Crippen molar-refractivity contribution >= 4 is 5.82 Å². The number of hydrogen-bond donors (Lipinski definition) is 1. The highest BCUT2D eigenvalue weighted by molar-refractivity contribution is 5.44. The van der Waals surface area contributed by atoms with Crippen LogP contribution >= 0.6 is 0 Å². The van der Waals surface area contributed by atoms with Gasteiger partial charge in [-0.2, -0.15) is 0 Å². The van der Waals surface area contributed by atoms with Gasteiger partial charge >= 0.3 is 0 Å². The summed E-state index contributed by atoms with van der Waals surface area (Å²) in [4.78, 5) is 6.85. The number of aryl methyl sites for hydroxylation is 1. The summed E-state index contributed by atoms with van der Waals surface area (Å²) in [6, 6.07) is 4.61. The first kappa shape index (κ1) is 10.4. The Balaban J connectivity index is 2.28. The first-order chi connectivity index (χ1) is 7.24. The molecule has 1 aliphatic rings. The van der Waals surface area contributed by atoms with Crippen molar-refractivity contribution in [1.82, 2.24) is 4.98 Å². The smallest absolute Gasteiger partial charge is 0.129 e. The third-order valence-electron chi connectivity index (χ3n) is 2.80. The van der Waals surface area contributed by atoms with Crippen molar-refractivity contribution in [3.05, 3.63) is 23.4 Å². The largest absolute Gasteiger partial charge is 0.392 e. The van der Waals surface area contributed by atoms with Crippen LogP contribution < -0.4 is 4.90 Å². The molecular weight excluding hydrogens is 188 g/mol. The average molecular weight is 206 g/mol. The lowest BCUT2D eigenvalue weighted by atomic mass is 10.2. The Morgan fingerprint density at radius 2 is 2.20 bits per heavy atom. The van der Waals surface area contributed by atoms with Gasteiger partial charge in [0.05, 0.1) is 6.61 Å². The standard InChI is InChI=1S/C12H18N2O/c1-3-14(11-4-5-11)12-7-10(8-15)6-9(2)13-12/h6-7,11,15H,3-5,8H2,1-2H3. The van der Waals surface area contributed by atoms with Gasteiger partial charge in [-0.1, -0.05) is 0 Å². The summed E-state index contributed by atoms with van der Waals surface area (Å²) in [6.07, 6.45) is 2.55. The zero-order valence-electron chi connectivity index (χ0n) is 9.40. The van der Waals surface area contributed by atoms with Crippen molar-refractivity contribution in [2.45, 2.75) is 39.3 Å². The first-order valence-electron chi connectivity index (χ1n) is 5.59. The molecular formula is C12H18N2O. The van der Waals surface area contributed by atoms with E-state index in [1.165, 1.54) is 12.8 Å². The summed E-state index contributed by atoms with van der Waals surface area (Å²) in [6.45, 7) is 5.22. The van der Waals surface area contributed by atoms with Crippen molar-refractivity contribution in [3.8, 4) is 0 Å². The van der Waals surface area contributed by atoms with Gasteiger partial charge in [-0.3, -0.25) is 0 Å². The lowest BCUT2D eigenvalue weighted by molar-refractivity contribution is 0.281. The SMILES string of the molecule is CCN(c1cc(CO)cc(C)n1)C1CC1. The van der Waals surface area contributed by atoms with Gasteiger partial charge in [0, 0.05) is 18.3 Å². The molecule has 0 amide bonds. The van der Waals surface area contributed by atoms with Crippen molar-refractivity contribution in [2.75, 3.05) is 11.4 Å². The van der Waals surface area contributed by atoms with Gasteiger partial charge in [0.1, 0.15) is 5.82 Å². The fraction of sp³-hybridized carbons (Fsp3) is 0.583. The quantitative estimate of drug-likeness (QED) is 0.817. The van der Waals surface area contributed by atoms with Crippen LogP contribution in [0.5, 0.6) is 0 Å². The van der Waals surface area contributed by atoms with Gasteiger partial charge in [-0.15, -0.1) is 0 Å². The van der Waals surface area contributed by atoms with E-state index in [2.05, 4.69) is 16.8 Å². The molecule has 3 heteroatoms. The zero-order chi connectivity index (χ0) is 10.8. The molecule has 2 rings (SSSR count). The molecule has 1 aromatic heterocycles. The van der Waals surface area contributed by atoms with Crippen molar-refractivity contribution in [1.29, 1.82) is 0 Å². The monoisotopic (exact) mass is 206 g/mol. The molecule has 1 aromatic rings. The van der Waals surface area contributed by atoms with E-state index in [0.29, 0.717) is 6.04 Å². The summed E-state index contributed by atoms with van der Waals surface area (Å²) in [5.41, 5.74) is 1.94. The second-order valence-electron chi connectivity index (χ2n) is 4.15. The van der Waals surface area contributed by atoms with Crippen LogP contribution in [0.3, 0.4) is 0 Å². The van der Waals surface area contributed by atoms with Crippen LogP contribution in [0.2, 0.25) is 0 Å². The molecule has 0 aromatic carbocycles. The van der Waals surface area contributed by atoms with E-state index < -0.39 is 0 Å². The molecule has 0 unspecified atom stereocenters. The second-order valence-corrected chi connectivity index (χ2v) is 4.15. The number of nitrogens with zero attached hydrogens (tertiary/aromatic N) is 2. The molecule has 0 bridgehead atoms. The molecule has 1 fully saturated rings. The molecule has 0 atom stereocenters. The van der Waals surface area contributed by atoms with Crippen LogP contribution in [-0.4, -0.2) is 22.7 Å². The summed E-state index contributed by atoms with van der Waals surface area (Å²) >= 11 is 0. The Morgan fingerprint density at radius 1 is 1.47 bits per heavy atom. The van der Waals surface area contributed by atoms with E-state index in [-0.39, 0.29) is 6.61 Å². The number of aromatic nitrogens is 1. The Bertz CT molecular complexity index is 347. The molecule has 82 valence electrons. The molecule has 0 saturated heterocycles. The summed E-state index contributed by atoms with van der Waals surface area (Å²) in [5.74, 6) is 1.02. The van der Waals surface area contributed by atoms with Crippen LogP contribution in [0, 0.1) is 6.92 Å². The highest BCUT2D eigenvalue weighted by Gasteiger charge is 2.28. The number of aliphatic hydroxyl groups is 1. The minimum absolute atomic E-state index is 0.0958. The Morgan fingerprint density at radius 3 is 2.73 bits per heavy atom. The number of rotatable bonds is 4. The average Bonchev–Trinajstić information content (AvgIpc) is 3.02. The predicted molar refractivity (Wildman–Crippen MR) is 60.9 cm³/mol. The maximum atomic E-state index is 9.15. The summed E-state index contributed by atoms with van der Waals surface area (Å²) < 4.78 is 0. The molecule has 15 heavy (non-hydrogen) atoms. The number of aliphatic hydroxyl groups excluding tert-OH is 1. The Kier molecular flexibility index (Phi) is 2.91. The lowest BCUT2D eigenvalue weighted by Crippen LogP contribution is -2.26. The van der Waals surface area contributed by atoms with Gasteiger partial charge in [0.15, 0.2) is 0 Å². The van der Waals surface area contributed by atoms with Crippen molar-refractivity contribution < 1.29 is 5.11 Å². The van der Waals surface area contributed by atoms with E-state index in [1.807, 2.05) is 19.1 Å². The Hall–Kier alpha value is -1.09. The topological polar surface area (TPSA) is 36.4 Å². The number of pyridine rings is 1. The van der Waals surface area contributed by atoms with Gasteiger partial charge in [-0.05, 0) is 44.4 Å². The van der Waals surface area contributed by atoms with E-state index in [9.17, 15) is 0 Å². The maximum absolute atomic E-state index is 9.15. The predicted octanol–water partition coefficient (Wildman–Crippen LogP) is 1.87. The van der Waals surface area contributed by atoms with E-state index in [1.54, 1.807) is 0 Å². The lowest BCUT2D eigenvalue weighted by Gasteiger charge is -2.22. The van der Waals surface area contributed by atoms with E-state index in [0.717, 1.165) is 23.6 Å². The highest BCUT2D eigenvalue weighted by atomic mass is 16.3. The number of anilines is 1. The van der Waals surface area contributed by atoms with Crippen LogP contribution in [0.25, 0.3) is 0 Å². The molecule has 1 heterocycles. The molecule has 1 N–H and O–H groups in total. The van der Waals surface area contributed by atoms with Crippen molar-refractivity contribution in [2.24, 2.45) is 0 Å². The molecule has 0 aliphatic heterocycles. The molecule has 0 radical (unpaired) electrons. The molecule has 1 aliphatic carbocycles. The molecule has 0 spiro atoms. The number of hydrogen-bond acceptors (Lipinski definition) is 3. The van der Waals surface area contributed by atoms with Crippen LogP contribution in [0.1, 0.15) is 31.0 Å². The highest BCUT2D eigenvalue weighted by Crippen LogP contribution is 2.30. The van der Waals surface area contributed by atoms with Gasteiger partial charge < -0.3 is 10.0 Å². The molecule has 3 nitrogen and oxygen atoms in total. The fourth-order valence-corrected chi connectivity index (χ4v) is 1.95. The fourth-order valence-electron chi connectivity index (χ4n) is 1.95. The minimum Gasteiger partial charge on any atom is -0.392 e. The van der Waals surface area contributed by atoms with Crippen LogP contribution in [-0.2, 0) is 6.61 Å². The van der Waals surface area contributed by atoms with Crippen molar-refractivity contribution in [3.63, 3.8) is 0 Å². The minimum atomic E-state index is 0.0958. The first-order valence-corrected chi connectivity index (χ1v) is 5.59. The third kappa shape index (κ3) is 2.29.